The smallest absolute Gasteiger partial charge is 0.181 e. The van der Waals surface area contributed by atoms with Crippen LogP contribution in [0.3, 0.4) is 0 Å². The maximum atomic E-state index is 13.2. The second-order valence-electron chi connectivity index (χ2n) is 10.3. The Kier molecular flexibility index (Phi) is 9.38. The maximum Gasteiger partial charge on any atom is 0.181 e. The standard InChI is InChI=1S/C23H39OP.Li/c1-11-12-13-25-20(24)19-17(22(5,6)7)14-16(21(2,3)4)15-18(19)23(8,9)10;/h14-15,25H,11-13H2,1-10H3;. The summed E-state index contributed by atoms with van der Waals surface area (Å²) in [6.45, 7) is 22.3. The van der Waals surface area contributed by atoms with Crippen molar-refractivity contribution in [1.82, 2.24) is 0 Å². The molecular weight excluding hydrogens is 330 g/mol. The molecule has 1 aromatic rings. The Bertz CT molecular complexity index is 578. The molecule has 1 nitrogen and oxygen atoms in total. The number of carbonyl (C=O) groups is 1. The van der Waals surface area contributed by atoms with Gasteiger partial charge in [0.2, 0.25) is 0 Å². The third-order valence-electron chi connectivity index (χ3n) is 4.66. The summed E-state index contributed by atoms with van der Waals surface area (Å²) in [5.41, 5.74) is 5.12. The molecule has 0 saturated heterocycles. The number of hydrogen-bond donors (Lipinski definition) is 0. The zero-order valence-corrected chi connectivity index (χ0v) is 20.2. The molecule has 0 aromatic heterocycles. The van der Waals surface area contributed by atoms with E-state index in [1.54, 1.807) is 0 Å². The summed E-state index contributed by atoms with van der Waals surface area (Å²) in [4.78, 5) is 13.2. The Morgan fingerprint density at radius 3 is 1.58 bits per heavy atom. The van der Waals surface area contributed by atoms with Crippen LogP contribution in [0.25, 0.3) is 0 Å². The fraction of sp³-hybridized carbons (Fsp3) is 0.696. The SMILES string of the molecule is CCCCPC(=O)c1c(C(C)(C)C)cc(C(C)(C)C)cc1C(C)(C)C.[Li]. The van der Waals surface area contributed by atoms with Gasteiger partial charge >= 0.3 is 0 Å². The number of hydrogen-bond acceptors (Lipinski definition) is 1. The second-order valence-corrected chi connectivity index (χ2v) is 11.6. The van der Waals surface area contributed by atoms with Crippen LogP contribution in [-0.2, 0) is 16.2 Å². The van der Waals surface area contributed by atoms with E-state index < -0.39 is 0 Å². The topological polar surface area (TPSA) is 17.1 Å². The summed E-state index contributed by atoms with van der Waals surface area (Å²) in [5.74, 6) is 0. The van der Waals surface area contributed by atoms with Crippen LogP contribution in [0.5, 0.6) is 0 Å². The normalized spacial score (nSPS) is 13.2. The largest absolute Gasteiger partial charge is 0.289 e. The van der Waals surface area contributed by atoms with E-state index in [1.807, 2.05) is 0 Å². The number of unbranched alkanes of at least 4 members (excludes halogenated alkanes) is 1. The van der Waals surface area contributed by atoms with Crippen LogP contribution >= 0.6 is 8.58 Å². The van der Waals surface area contributed by atoms with Gasteiger partial charge in [0.05, 0.1) is 0 Å². The Balaban J connectivity index is 0.00000625. The number of benzene rings is 1. The van der Waals surface area contributed by atoms with Gasteiger partial charge in [0, 0.05) is 24.4 Å². The summed E-state index contributed by atoms with van der Waals surface area (Å²) in [6.07, 6.45) is 3.31. The molecule has 1 aromatic carbocycles. The fourth-order valence-corrected chi connectivity index (χ4v) is 4.17. The van der Waals surface area contributed by atoms with Gasteiger partial charge < -0.3 is 0 Å². The van der Waals surface area contributed by atoms with Crippen molar-refractivity contribution < 1.29 is 4.79 Å². The molecule has 0 aliphatic rings. The van der Waals surface area contributed by atoms with E-state index in [4.69, 9.17) is 0 Å². The molecule has 0 saturated carbocycles. The van der Waals surface area contributed by atoms with E-state index in [0.29, 0.717) is 14.1 Å². The van der Waals surface area contributed by atoms with Crippen LogP contribution < -0.4 is 0 Å². The average molecular weight is 369 g/mol. The number of rotatable bonds is 5. The monoisotopic (exact) mass is 369 g/mol. The van der Waals surface area contributed by atoms with Crippen LogP contribution in [0.15, 0.2) is 12.1 Å². The molecule has 143 valence electrons. The summed E-state index contributed by atoms with van der Waals surface area (Å²) in [5, 5.41) is 0. The molecule has 1 rings (SSSR count). The van der Waals surface area contributed by atoms with Gasteiger partial charge in [-0.1, -0.05) is 87.8 Å². The van der Waals surface area contributed by atoms with E-state index in [0.717, 1.165) is 24.6 Å². The molecule has 0 spiro atoms. The molecule has 3 heteroatoms. The molecule has 1 unspecified atom stereocenters. The molecule has 1 atom stereocenters. The van der Waals surface area contributed by atoms with Crippen molar-refractivity contribution in [3.8, 4) is 0 Å². The summed E-state index contributed by atoms with van der Waals surface area (Å²) < 4.78 is 0. The van der Waals surface area contributed by atoms with Crippen LogP contribution in [0, 0.1) is 0 Å². The molecular formula is C23H39LiOP. The van der Waals surface area contributed by atoms with E-state index in [-0.39, 0.29) is 35.1 Å². The summed E-state index contributed by atoms with van der Waals surface area (Å²) in [6, 6.07) is 4.60. The van der Waals surface area contributed by atoms with Crippen molar-refractivity contribution in [2.75, 3.05) is 6.16 Å². The zero-order valence-electron chi connectivity index (χ0n) is 19.2. The van der Waals surface area contributed by atoms with Crippen LogP contribution in [0.4, 0.5) is 0 Å². The van der Waals surface area contributed by atoms with Gasteiger partial charge in [-0.05, 0) is 54.1 Å². The van der Waals surface area contributed by atoms with E-state index in [9.17, 15) is 4.79 Å². The minimum atomic E-state index is -0.0402. The Labute approximate surface area is 176 Å². The first-order valence-corrected chi connectivity index (χ1v) is 10.9. The van der Waals surface area contributed by atoms with Crippen molar-refractivity contribution >= 4 is 33.0 Å². The van der Waals surface area contributed by atoms with Gasteiger partial charge in [-0.2, -0.15) is 0 Å². The Morgan fingerprint density at radius 2 is 1.27 bits per heavy atom. The first-order valence-electron chi connectivity index (χ1n) is 9.67. The summed E-state index contributed by atoms with van der Waals surface area (Å²) in [7, 11) is 0.386. The predicted molar refractivity (Wildman–Crippen MR) is 121 cm³/mol. The van der Waals surface area contributed by atoms with Gasteiger partial charge in [0.25, 0.3) is 0 Å². The molecule has 26 heavy (non-hydrogen) atoms. The van der Waals surface area contributed by atoms with E-state index in [2.05, 4.69) is 81.4 Å². The van der Waals surface area contributed by atoms with Crippen molar-refractivity contribution in [3.05, 3.63) is 34.4 Å². The average Bonchev–Trinajstić information content (AvgIpc) is 2.43. The molecule has 0 heterocycles. The number of carbonyl (C=O) groups excluding carboxylic acids is 1. The molecule has 1 radical (unpaired) electrons. The van der Waals surface area contributed by atoms with Gasteiger partial charge in [-0.15, -0.1) is 0 Å². The maximum absolute atomic E-state index is 13.2. The predicted octanol–water partition coefficient (Wildman–Crippen LogP) is 6.82. The van der Waals surface area contributed by atoms with Crippen molar-refractivity contribution in [3.63, 3.8) is 0 Å². The molecule has 0 aliphatic carbocycles. The van der Waals surface area contributed by atoms with Gasteiger partial charge in [0.15, 0.2) is 5.52 Å². The third kappa shape index (κ3) is 6.82. The second kappa shape index (κ2) is 9.41. The Hall–Kier alpha value is -0.0826. The molecule has 0 bridgehead atoms. The van der Waals surface area contributed by atoms with Gasteiger partial charge in [-0.3, -0.25) is 4.79 Å². The quantitative estimate of drug-likeness (QED) is 0.316. The first kappa shape index (κ1) is 25.9. The third-order valence-corrected chi connectivity index (χ3v) is 5.84. The van der Waals surface area contributed by atoms with E-state index in [1.165, 1.54) is 16.7 Å². The van der Waals surface area contributed by atoms with Crippen LogP contribution in [0.1, 0.15) is 109 Å². The minimum Gasteiger partial charge on any atom is -0.289 e. The summed E-state index contributed by atoms with van der Waals surface area (Å²) >= 11 is 0. The van der Waals surface area contributed by atoms with Gasteiger partial charge in [0.1, 0.15) is 0 Å². The van der Waals surface area contributed by atoms with E-state index >= 15 is 0 Å². The van der Waals surface area contributed by atoms with Crippen molar-refractivity contribution in [2.24, 2.45) is 0 Å². The molecule has 0 fully saturated rings. The molecule has 0 N–H and O–H groups in total. The van der Waals surface area contributed by atoms with Crippen molar-refractivity contribution in [1.29, 1.82) is 0 Å². The van der Waals surface area contributed by atoms with Crippen LogP contribution in [-0.4, -0.2) is 30.5 Å². The molecule has 0 aliphatic heterocycles. The zero-order chi connectivity index (χ0) is 19.6. The first-order chi connectivity index (χ1) is 11.2. The minimum absolute atomic E-state index is 0. The van der Waals surface area contributed by atoms with Gasteiger partial charge in [-0.25, -0.2) is 0 Å². The van der Waals surface area contributed by atoms with Crippen molar-refractivity contribution in [2.45, 2.75) is 98.3 Å². The molecule has 0 amide bonds. The van der Waals surface area contributed by atoms with Crippen LogP contribution in [0.2, 0.25) is 0 Å². The fourth-order valence-electron chi connectivity index (χ4n) is 2.97. The Morgan fingerprint density at radius 1 is 0.846 bits per heavy atom.